The van der Waals surface area contributed by atoms with Gasteiger partial charge in [0.25, 0.3) is 0 Å². The molecule has 0 fully saturated rings. The van der Waals surface area contributed by atoms with Gasteiger partial charge in [-0.3, -0.25) is 9.67 Å². The van der Waals surface area contributed by atoms with Gasteiger partial charge in [0.15, 0.2) is 5.96 Å². The van der Waals surface area contributed by atoms with E-state index >= 15 is 0 Å². The third-order valence-corrected chi connectivity index (χ3v) is 3.02. The van der Waals surface area contributed by atoms with Crippen molar-refractivity contribution in [1.82, 2.24) is 20.4 Å². The van der Waals surface area contributed by atoms with Gasteiger partial charge < -0.3 is 15.1 Å². The summed E-state index contributed by atoms with van der Waals surface area (Å²) in [5, 5.41) is 10.7. The molecule has 2 aromatic rings. The normalized spacial score (nSPS) is 11.1. The molecule has 0 unspecified atom stereocenters. The number of halogens is 1. The van der Waals surface area contributed by atoms with E-state index in [9.17, 15) is 0 Å². The average Bonchev–Trinajstić information content (AvgIpc) is 3.11. The van der Waals surface area contributed by atoms with Crippen LogP contribution >= 0.6 is 24.0 Å². The van der Waals surface area contributed by atoms with Gasteiger partial charge in [-0.1, -0.05) is 0 Å². The maximum absolute atomic E-state index is 5.30. The van der Waals surface area contributed by atoms with Crippen LogP contribution in [-0.4, -0.2) is 35.4 Å². The molecule has 2 aromatic heterocycles. The number of nitrogens with zero attached hydrogens (tertiary/aromatic N) is 3. The summed E-state index contributed by atoms with van der Waals surface area (Å²) < 4.78 is 7.11. The van der Waals surface area contributed by atoms with Crippen molar-refractivity contribution < 1.29 is 4.42 Å². The van der Waals surface area contributed by atoms with Gasteiger partial charge in [-0.25, -0.2) is 0 Å². The zero-order valence-electron chi connectivity index (χ0n) is 13.1. The van der Waals surface area contributed by atoms with Crippen molar-refractivity contribution in [2.45, 2.75) is 19.8 Å². The number of hydrogen-bond acceptors (Lipinski definition) is 3. The maximum atomic E-state index is 5.30. The molecule has 2 heterocycles. The minimum Gasteiger partial charge on any atom is -0.469 e. The summed E-state index contributed by atoms with van der Waals surface area (Å²) in [6.07, 6.45) is 7.35. The third kappa shape index (κ3) is 6.50. The number of furan rings is 1. The van der Waals surface area contributed by atoms with E-state index in [4.69, 9.17) is 4.42 Å². The number of aromatic nitrogens is 2. The van der Waals surface area contributed by atoms with E-state index in [1.165, 1.54) is 5.56 Å². The molecule has 0 atom stereocenters. The molecule has 0 bridgehead atoms. The van der Waals surface area contributed by atoms with Gasteiger partial charge in [-0.05, 0) is 31.0 Å². The zero-order chi connectivity index (χ0) is 14.9. The summed E-state index contributed by atoms with van der Waals surface area (Å²) in [4.78, 5) is 4.54. The average molecular weight is 417 g/mol. The Balaban J connectivity index is 0.00000242. The van der Waals surface area contributed by atoms with Gasteiger partial charge >= 0.3 is 0 Å². The fourth-order valence-electron chi connectivity index (χ4n) is 2.00. The Morgan fingerprint density at radius 3 is 2.86 bits per heavy atom. The highest BCUT2D eigenvalue weighted by atomic mass is 127. The monoisotopic (exact) mass is 417 g/mol. The maximum Gasteiger partial charge on any atom is 0.191 e. The Morgan fingerprint density at radius 2 is 2.23 bits per heavy atom. The fraction of sp³-hybridized carbons (Fsp3) is 0.467. The Labute approximate surface area is 148 Å². The van der Waals surface area contributed by atoms with Crippen LogP contribution < -0.4 is 10.6 Å². The molecule has 0 amide bonds. The van der Waals surface area contributed by atoms with Crippen molar-refractivity contribution in [2.24, 2.45) is 12.0 Å². The smallest absolute Gasteiger partial charge is 0.191 e. The van der Waals surface area contributed by atoms with Crippen LogP contribution in [0.15, 0.2) is 40.2 Å². The molecular weight excluding hydrogens is 393 g/mol. The van der Waals surface area contributed by atoms with Crippen LogP contribution in [0.2, 0.25) is 0 Å². The molecule has 0 aliphatic rings. The summed E-state index contributed by atoms with van der Waals surface area (Å²) >= 11 is 0. The number of hydrogen-bond donors (Lipinski definition) is 2. The summed E-state index contributed by atoms with van der Waals surface area (Å²) in [6.45, 7) is 4.44. The second kappa shape index (κ2) is 10.3. The minimum absolute atomic E-state index is 0. The summed E-state index contributed by atoms with van der Waals surface area (Å²) in [6, 6.07) is 3.87. The molecule has 0 saturated carbocycles. The first-order valence-electron chi connectivity index (χ1n) is 7.30. The molecule has 2 rings (SSSR count). The topological polar surface area (TPSA) is 67.4 Å². The van der Waals surface area contributed by atoms with E-state index in [0.29, 0.717) is 6.54 Å². The van der Waals surface area contributed by atoms with E-state index in [1.54, 1.807) is 6.26 Å². The summed E-state index contributed by atoms with van der Waals surface area (Å²) in [5.74, 6) is 1.80. The molecule has 0 aromatic carbocycles. The van der Waals surface area contributed by atoms with Crippen molar-refractivity contribution in [2.75, 3.05) is 19.6 Å². The van der Waals surface area contributed by atoms with Crippen LogP contribution in [0.4, 0.5) is 0 Å². The molecule has 22 heavy (non-hydrogen) atoms. The minimum atomic E-state index is 0. The standard InChI is InChI=1S/C15H23N5O.HI/c1-3-16-15(18-9-7-14-5-4-10-21-14)17-8-6-13-11-19-20(2)12-13;/h4-5,10-12H,3,6-9H2,1-2H3,(H2,16,17,18);1H. The molecule has 0 spiro atoms. The lowest BCUT2D eigenvalue weighted by Crippen LogP contribution is -2.38. The first-order chi connectivity index (χ1) is 10.3. The molecule has 0 aliphatic heterocycles. The van der Waals surface area contributed by atoms with E-state index in [2.05, 4.69) is 27.6 Å². The highest BCUT2D eigenvalue weighted by Gasteiger charge is 2.00. The van der Waals surface area contributed by atoms with Crippen LogP contribution in [0.1, 0.15) is 18.2 Å². The number of aryl methyl sites for hydroxylation is 1. The van der Waals surface area contributed by atoms with E-state index in [0.717, 1.165) is 37.7 Å². The molecule has 0 aliphatic carbocycles. The summed E-state index contributed by atoms with van der Waals surface area (Å²) in [7, 11) is 1.93. The Morgan fingerprint density at radius 1 is 1.36 bits per heavy atom. The quantitative estimate of drug-likeness (QED) is 0.411. The SMILES string of the molecule is CCNC(=NCCc1ccco1)NCCc1cnn(C)c1.I. The van der Waals surface area contributed by atoms with Crippen LogP contribution in [0.3, 0.4) is 0 Å². The van der Waals surface area contributed by atoms with Crippen LogP contribution in [0, 0.1) is 0 Å². The molecule has 6 nitrogen and oxygen atoms in total. The van der Waals surface area contributed by atoms with Crippen molar-refractivity contribution in [3.05, 3.63) is 42.1 Å². The Kier molecular flexibility index (Phi) is 8.64. The van der Waals surface area contributed by atoms with Gasteiger partial charge in [-0.15, -0.1) is 24.0 Å². The van der Waals surface area contributed by atoms with Gasteiger partial charge in [0.2, 0.25) is 0 Å². The third-order valence-electron chi connectivity index (χ3n) is 3.02. The van der Waals surface area contributed by atoms with Crippen LogP contribution in [0.5, 0.6) is 0 Å². The van der Waals surface area contributed by atoms with Gasteiger partial charge in [0, 0.05) is 39.3 Å². The van der Waals surface area contributed by atoms with Gasteiger partial charge in [0.05, 0.1) is 12.5 Å². The number of guanidine groups is 1. The fourth-order valence-corrected chi connectivity index (χ4v) is 2.00. The molecule has 0 saturated heterocycles. The molecule has 7 heteroatoms. The number of nitrogens with one attached hydrogen (secondary N) is 2. The molecule has 122 valence electrons. The van der Waals surface area contributed by atoms with Crippen LogP contribution in [0.25, 0.3) is 0 Å². The first-order valence-corrected chi connectivity index (χ1v) is 7.30. The zero-order valence-corrected chi connectivity index (χ0v) is 15.4. The summed E-state index contributed by atoms with van der Waals surface area (Å²) in [5.41, 5.74) is 1.22. The van der Waals surface area contributed by atoms with Crippen molar-refractivity contribution in [3.8, 4) is 0 Å². The van der Waals surface area contributed by atoms with Crippen LogP contribution in [-0.2, 0) is 19.9 Å². The lowest BCUT2D eigenvalue weighted by Gasteiger charge is -2.10. The van der Waals surface area contributed by atoms with Crippen molar-refractivity contribution in [1.29, 1.82) is 0 Å². The predicted octanol–water partition coefficient (Wildman–Crippen LogP) is 1.97. The second-order valence-electron chi connectivity index (χ2n) is 4.79. The predicted molar refractivity (Wildman–Crippen MR) is 98.7 cm³/mol. The van der Waals surface area contributed by atoms with E-state index < -0.39 is 0 Å². The Bertz CT molecular complexity index is 550. The van der Waals surface area contributed by atoms with Gasteiger partial charge in [0.1, 0.15) is 5.76 Å². The number of aliphatic imine (C=N–C) groups is 1. The molecule has 2 N–H and O–H groups in total. The highest BCUT2D eigenvalue weighted by molar-refractivity contribution is 14.0. The first kappa shape index (κ1) is 18.5. The Hall–Kier alpha value is -1.51. The lowest BCUT2D eigenvalue weighted by molar-refractivity contribution is 0.510. The second-order valence-corrected chi connectivity index (χ2v) is 4.79. The van der Waals surface area contributed by atoms with Crippen molar-refractivity contribution in [3.63, 3.8) is 0 Å². The highest BCUT2D eigenvalue weighted by Crippen LogP contribution is 2.00. The molecular formula is C15H24IN5O. The lowest BCUT2D eigenvalue weighted by atomic mass is 10.2. The molecule has 0 radical (unpaired) electrons. The largest absolute Gasteiger partial charge is 0.469 e. The number of rotatable bonds is 7. The van der Waals surface area contributed by atoms with E-state index in [1.807, 2.05) is 36.3 Å². The van der Waals surface area contributed by atoms with Crippen molar-refractivity contribution >= 4 is 29.9 Å². The van der Waals surface area contributed by atoms with E-state index in [-0.39, 0.29) is 24.0 Å². The van der Waals surface area contributed by atoms with Gasteiger partial charge in [-0.2, -0.15) is 5.10 Å².